The van der Waals surface area contributed by atoms with Gasteiger partial charge in [0.25, 0.3) is 0 Å². The topological polar surface area (TPSA) is 159 Å². The molecule has 29 heavy (non-hydrogen) atoms. The van der Waals surface area contributed by atoms with Crippen LogP contribution in [0.3, 0.4) is 0 Å². The first-order chi connectivity index (χ1) is 13.2. The molecule has 0 aromatic carbocycles. The summed E-state index contributed by atoms with van der Waals surface area (Å²) in [6.07, 6.45) is 0.262. The third-order valence-corrected chi connectivity index (χ3v) is 2.84. The summed E-state index contributed by atoms with van der Waals surface area (Å²) in [5, 5.41) is 25.2. The number of hydrogen-bond acceptors (Lipinski definition) is 8. The number of nitrogens with one attached hydrogen (secondary N) is 3. The second kappa shape index (κ2) is 11.8. The van der Waals surface area contributed by atoms with Crippen LogP contribution in [0.1, 0.15) is 54.4 Å². The van der Waals surface area contributed by atoms with Gasteiger partial charge in [0, 0.05) is 0 Å². The summed E-state index contributed by atoms with van der Waals surface area (Å²) in [5.74, 6) is -1.20. The van der Waals surface area contributed by atoms with E-state index in [0.29, 0.717) is 6.42 Å². The average Bonchev–Trinajstić information content (AvgIpc) is 2.51. The number of rotatable bonds is 9. The van der Waals surface area contributed by atoms with Gasteiger partial charge in [0.15, 0.2) is 0 Å². The van der Waals surface area contributed by atoms with Crippen molar-refractivity contribution in [2.24, 2.45) is 0 Å². The number of carbonyl (C=O) groups is 3. The maximum absolute atomic E-state index is 11.8. The van der Waals surface area contributed by atoms with E-state index >= 15 is 0 Å². The summed E-state index contributed by atoms with van der Waals surface area (Å²) in [4.78, 5) is 34.9. The van der Waals surface area contributed by atoms with E-state index in [1.807, 2.05) is 0 Å². The van der Waals surface area contributed by atoms with E-state index in [9.17, 15) is 19.5 Å². The van der Waals surface area contributed by atoms with Gasteiger partial charge in [-0.05, 0) is 0 Å². The van der Waals surface area contributed by atoms with Crippen molar-refractivity contribution in [2.75, 3.05) is 6.54 Å². The van der Waals surface area contributed by atoms with E-state index in [-0.39, 0.29) is 18.7 Å². The fourth-order valence-electron chi connectivity index (χ4n) is 1.85. The average molecular weight is 412 g/mol. The molecule has 0 fully saturated rings. The van der Waals surface area contributed by atoms with Gasteiger partial charge in [0.05, 0.1) is 0 Å². The Hall–Kier alpha value is -2.97. The number of nitriles is 1. The second-order valence-electron chi connectivity index (χ2n) is 7.97. The molecule has 0 spiro atoms. The van der Waals surface area contributed by atoms with Crippen LogP contribution >= 0.6 is 0 Å². The predicted molar refractivity (Wildman–Crippen MR) is 105 cm³/mol. The molecule has 11 nitrogen and oxygen atoms in total. The molecule has 0 rings (SSSR count). The van der Waals surface area contributed by atoms with Gasteiger partial charge in [-0.1, -0.05) is 0 Å². The molecule has 0 aromatic rings. The van der Waals surface area contributed by atoms with Crippen molar-refractivity contribution < 1.29 is 33.6 Å². The van der Waals surface area contributed by atoms with E-state index in [1.54, 1.807) is 41.5 Å². The number of carboxylic acids is 1. The van der Waals surface area contributed by atoms with Gasteiger partial charge in [-0.3, -0.25) is 0 Å². The molecule has 0 saturated carbocycles. The molecule has 0 aliphatic carbocycles. The van der Waals surface area contributed by atoms with Crippen molar-refractivity contribution in [3.05, 3.63) is 0 Å². The summed E-state index contributed by atoms with van der Waals surface area (Å²) < 4.78 is 14.6. The number of nitrogens with zero attached hydrogens (tertiary/aromatic N) is 1. The van der Waals surface area contributed by atoms with E-state index in [2.05, 4.69) is 20.6 Å². The van der Waals surface area contributed by atoms with Crippen LogP contribution in [0.15, 0.2) is 0 Å². The minimum absolute atomic E-state index is 0.0628. The fourth-order valence-corrected chi connectivity index (χ4v) is 1.85. The van der Waals surface area contributed by atoms with E-state index in [1.165, 1.54) is 6.26 Å². The quantitative estimate of drug-likeness (QED) is 0.247. The maximum atomic E-state index is 11.8. The van der Waals surface area contributed by atoms with Crippen molar-refractivity contribution in [3.63, 3.8) is 0 Å². The van der Waals surface area contributed by atoms with Crippen molar-refractivity contribution in [3.8, 4) is 6.26 Å². The zero-order chi connectivity index (χ0) is 22.7. The third-order valence-electron chi connectivity index (χ3n) is 2.84. The van der Waals surface area contributed by atoms with Crippen LogP contribution in [-0.4, -0.2) is 59.9 Å². The molecule has 0 bridgehead atoms. The molecule has 0 aromatic heterocycles. The van der Waals surface area contributed by atoms with Crippen LogP contribution in [0.5, 0.6) is 0 Å². The number of carboxylic acid groups (broad SMARTS) is 1. The fraction of sp³-hybridized carbons (Fsp3) is 0.706. The molecule has 162 valence electrons. The Morgan fingerprint density at radius 3 is 2.10 bits per heavy atom. The van der Waals surface area contributed by atoms with E-state index in [4.69, 9.17) is 14.7 Å². The Kier molecular flexibility index (Phi) is 10.6. The molecule has 4 N–H and O–H groups in total. The van der Waals surface area contributed by atoms with Crippen molar-refractivity contribution in [1.82, 2.24) is 16.0 Å². The molecule has 12 heteroatoms. The summed E-state index contributed by atoms with van der Waals surface area (Å²) in [6.45, 7) is 10.3. The Morgan fingerprint density at radius 2 is 1.62 bits per heavy atom. The van der Waals surface area contributed by atoms with Crippen LogP contribution < -0.4 is 16.0 Å². The Labute approximate surface area is 171 Å². The zero-order valence-electron chi connectivity index (χ0n) is 17.6. The summed E-state index contributed by atoms with van der Waals surface area (Å²) in [5.41, 5.74) is -1.40. The molecule has 0 aliphatic rings. The van der Waals surface area contributed by atoms with Crippen LogP contribution in [0.25, 0.3) is 0 Å². The number of amides is 2. The third kappa shape index (κ3) is 14.7. The molecule has 0 saturated heterocycles. The van der Waals surface area contributed by atoms with Crippen molar-refractivity contribution >= 4 is 31.0 Å². The number of aliphatic carboxylic acids is 1. The van der Waals surface area contributed by atoms with Gasteiger partial charge in [0.1, 0.15) is 0 Å². The SMILES string of the molecule is CC(C)(C)OC(=O)NC(=BOC#N)NCCCC(NC(=O)OC(C)(C)C)C(=O)O. The van der Waals surface area contributed by atoms with Crippen molar-refractivity contribution in [2.45, 2.75) is 71.6 Å². The second-order valence-corrected chi connectivity index (χ2v) is 7.97. The Bertz CT molecular complexity index is 648. The van der Waals surface area contributed by atoms with E-state index < -0.39 is 35.4 Å². The summed E-state index contributed by atoms with van der Waals surface area (Å²) in [6, 6.07) is -1.15. The predicted octanol–water partition coefficient (Wildman–Crippen LogP) is 1.06. The normalized spacial score (nSPS) is 12.5. The van der Waals surface area contributed by atoms with Gasteiger partial charge in [-0.2, -0.15) is 0 Å². The standard InChI is InChI=1S/C17H29BN4O7/c1-16(2,3)28-14(25)21-11(12(23)24)8-7-9-20-13(18-27-10-19)22-15(26)29-17(4,5)6/h11,20H,7-9H2,1-6H3,(H,21,25)(H,22,26)(H,23,24). The van der Waals surface area contributed by atoms with Gasteiger partial charge in [-0.15, -0.1) is 0 Å². The first-order valence-corrected chi connectivity index (χ1v) is 8.94. The van der Waals surface area contributed by atoms with Gasteiger partial charge in [0.2, 0.25) is 0 Å². The first-order valence-electron chi connectivity index (χ1n) is 8.94. The van der Waals surface area contributed by atoms with Gasteiger partial charge >= 0.3 is 170 Å². The van der Waals surface area contributed by atoms with Crippen LogP contribution in [0.4, 0.5) is 9.59 Å². The molecule has 0 radical (unpaired) electrons. The Balaban J connectivity index is 4.63. The summed E-state index contributed by atoms with van der Waals surface area (Å²) >= 11 is 0. The number of alkyl carbamates (subject to hydrolysis) is 2. The number of hydrogen-bond donors (Lipinski definition) is 4. The van der Waals surface area contributed by atoms with Crippen LogP contribution in [-0.2, 0) is 18.9 Å². The number of carbonyl (C=O) groups excluding carboxylic acids is 2. The molecule has 1 atom stereocenters. The molecule has 0 heterocycles. The van der Waals surface area contributed by atoms with Gasteiger partial charge in [-0.25, -0.2) is 0 Å². The Morgan fingerprint density at radius 1 is 1.07 bits per heavy atom. The monoisotopic (exact) mass is 412 g/mol. The number of ether oxygens (including phenoxy) is 2. The zero-order valence-corrected chi connectivity index (χ0v) is 17.6. The molecule has 2 amide bonds. The van der Waals surface area contributed by atoms with Gasteiger partial charge < -0.3 is 0 Å². The van der Waals surface area contributed by atoms with E-state index in [0.717, 1.165) is 7.12 Å². The summed E-state index contributed by atoms with van der Waals surface area (Å²) in [7, 11) is 0.984. The molecule has 1 unspecified atom stereocenters. The minimum atomic E-state index is -1.20. The molecular formula is C17H29BN4O7. The van der Waals surface area contributed by atoms with Crippen LogP contribution in [0.2, 0.25) is 0 Å². The first kappa shape index (κ1) is 26.0. The van der Waals surface area contributed by atoms with Crippen molar-refractivity contribution in [1.29, 1.82) is 5.26 Å². The van der Waals surface area contributed by atoms with Crippen LogP contribution in [0, 0.1) is 11.5 Å². The molecular weight excluding hydrogens is 383 g/mol. The molecule has 0 aliphatic heterocycles.